The van der Waals surface area contributed by atoms with Crippen LogP contribution >= 0.6 is 24.0 Å². The van der Waals surface area contributed by atoms with Crippen molar-refractivity contribution >= 4 is 34.2 Å². The average molecular weight is 347 g/mol. The number of nitrogens with zero attached hydrogens (tertiary/aromatic N) is 1. The maximum atomic E-state index is 12.3. The molecule has 0 radical (unpaired) electrons. The number of hydrogen-bond donors (Lipinski definition) is 0. The number of ether oxygens (including phenoxy) is 1. The molecule has 1 saturated heterocycles. The predicted octanol–water partition coefficient (Wildman–Crippen LogP) is 2.69. The molecule has 0 N–H and O–H groups in total. The topological polar surface area (TPSA) is 59.8 Å². The molecule has 3 rings (SSSR count). The normalized spacial score (nSPS) is 14.1. The van der Waals surface area contributed by atoms with Gasteiger partial charge < -0.3 is 9.15 Å². The van der Waals surface area contributed by atoms with E-state index in [1.807, 2.05) is 30.3 Å². The maximum Gasteiger partial charge on any atom is 0.295 e. The summed E-state index contributed by atoms with van der Waals surface area (Å²) in [4.78, 5) is 25.8. The van der Waals surface area contributed by atoms with Crippen LogP contribution in [0, 0.1) is 0 Å². The molecular weight excluding hydrogens is 334 g/mol. The molecule has 5 nitrogen and oxygen atoms in total. The van der Waals surface area contributed by atoms with Crippen molar-refractivity contribution < 1.29 is 13.9 Å². The minimum atomic E-state index is -0.397. The molecule has 1 aliphatic heterocycles. The lowest BCUT2D eigenvalue weighted by molar-refractivity contribution is 0.0827. The van der Waals surface area contributed by atoms with E-state index in [9.17, 15) is 9.59 Å². The number of thioether (sulfide) groups is 1. The van der Waals surface area contributed by atoms with E-state index in [0.717, 1.165) is 17.4 Å². The highest BCUT2D eigenvalue weighted by atomic mass is 32.2. The number of carbonyl (C=O) groups excluding carboxylic acids is 1. The number of amides is 1. The standard InChI is InChI=1S/C16H13NO4S2/c18-12-8-13(15(19)17-6-7-23-16(17)22)21-10-14(12)20-9-11-4-2-1-3-5-11/h1-5,8,10H,6-7,9H2. The maximum absolute atomic E-state index is 12.3. The number of hydrogen-bond acceptors (Lipinski definition) is 6. The molecule has 0 aliphatic carbocycles. The molecule has 0 atom stereocenters. The molecule has 23 heavy (non-hydrogen) atoms. The number of rotatable bonds is 4. The van der Waals surface area contributed by atoms with Crippen LogP contribution in [0.1, 0.15) is 16.1 Å². The Bertz CT molecular complexity index is 788. The van der Waals surface area contributed by atoms with Crippen LogP contribution < -0.4 is 10.2 Å². The zero-order valence-corrected chi connectivity index (χ0v) is 13.7. The second-order valence-corrected chi connectivity index (χ2v) is 6.55. The fourth-order valence-corrected chi connectivity index (χ4v) is 3.27. The summed E-state index contributed by atoms with van der Waals surface area (Å²) in [6.07, 6.45) is 1.17. The number of thiocarbonyl (C=S) groups is 1. The molecule has 1 amide bonds. The first-order chi connectivity index (χ1) is 11.1. The first-order valence-corrected chi connectivity index (χ1v) is 8.33. The average Bonchev–Trinajstić information content (AvgIpc) is 3.00. The van der Waals surface area contributed by atoms with Crippen LogP contribution in [0.3, 0.4) is 0 Å². The Hall–Kier alpha value is -2.12. The van der Waals surface area contributed by atoms with Gasteiger partial charge >= 0.3 is 0 Å². The van der Waals surface area contributed by atoms with Gasteiger partial charge in [-0.2, -0.15) is 0 Å². The van der Waals surface area contributed by atoms with E-state index in [2.05, 4.69) is 0 Å². The van der Waals surface area contributed by atoms with E-state index in [4.69, 9.17) is 21.4 Å². The van der Waals surface area contributed by atoms with Gasteiger partial charge in [0.25, 0.3) is 5.91 Å². The zero-order valence-electron chi connectivity index (χ0n) is 12.1. The van der Waals surface area contributed by atoms with Crippen molar-refractivity contribution in [2.24, 2.45) is 0 Å². The Morgan fingerprint density at radius 2 is 2.13 bits per heavy atom. The van der Waals surface area contributed by atoms with Crippen molar-refractivity contribution in [3.05, 3.63) is 64.2 Å². The largest absolute Gasteiger partial charge is 0.482 e. The summed E-state index contributed by atoms with van der Waals surface area (Å²) in [5.74, 6) is 0.398. The lowest BCUT2D eigenvalue weighted by Crippen LogP contribution is -2.31. The Morgan fingerprint density at radius 1 is 1.35 bits per heavy atom. The first-order valence-electron chi connectivity index (χ1n) is 6.93. The third-order valence-corrected chi connectivity index (χ3v) is 4.68. The van der Waals surface area contributed by atoms with Gasteiger partial charge in [-0.25, -0.2) is 0 Å². The van der Waals surface area contributed by atoms with Crippen LogP contribution in [0.5, 0.6) is 5.75 Å². The molecular formula is C16H13NO4S2. The third-order valence-electron chi connectivity index (χ3n) is 3.25. The van der Waals surface area contributed by atoms with Gasteiger partial charge in [0.2, 0.25) is 11.2 Å². The van der Waals surface area contributed by atoms with Crippen molar-refractivity contribution in [2.75, 3.05) is 12.3 Å². The summed E-state index contributed by atoms with van der Waals surface area (Å²) in [6, 6.07) is 10.6. The van der Waals surface area contributed by atoms with E-state index in [1.165, 1.54) is 22.9 Å². The van der Waals surface area contributed by atoms with Crippen LogP contribution in [0.15, 0.2) is 51.9 Å². The lowest BCUT2D eigenvalue weighted by atomic mass is 10.2. The summed E-state index contributed by atoms with van der Waals surface area (Å²) in [7, 11) is 0. The zero-order chi connectivity index (χ0) is 16.2. The highest BCUT2D eigenvalue weighted by Gasteiger charge is 2.27. The summed E-state index contributed by atoms with van der Waals surface area (Å²) in [5, 5.41) is 0. The van der Waals surface area contributed by atoms with Gasteiger partial charge in [0, 0.05) is 18.4 Å². The second kappa shape index (κ2) is 6.97. The van der Waals surface area contributed by atoms with Crippen molar-refractivity contribution in [1.82, 2.24) is 4.90 Å². The van der Waals surface area contributed by atoms with Crippen molar-refractivity contribution in [1.29, 1.82) is 0 Å². The molecule has 0 bridgehead atoms. The monoisotopic (exact) mass is 347 g/mol. The molecule has 2 heterocycles. The smallest absolute Gasteiger partial charge is 0.295 e. The molecule has 2 aromatic rings. The minimum absolute atomic E-state index is 0.0353. The van der Waals surface area contributed by atoms with Crippen LogP contribution in [0.2, 0.25) is 0 Å². The Labute approximate surface area is 142 Å². The van der Waals surface area contributed by atoms with Gasteiger partial charge in [-0.05, 0) is 5.56 Å². The molecule has 1 aromatic carbocycles. The van der Waals surface area contributed by atoms with E-state index in [0.29, 0.717) is 10.9 Å². The van der Waals surface area contributed by atoms with Gasteiger partial charge in [-0.3, -0.25) is 14.5 Å². The predicted molar refractivity (Wildman–Crippen MR) is 91.8 cm³/mol. The van der Waals surface area contributed by atoms with Crippen LogP contribution in [0.25, 0.3) is 0 Å². The van der Waals surface area contributed by atoms with Gasteiger partial charge in [-0.1, -0.05) is 54.3 Å². The molecule has 1 aliphatic rings. The fourth-order valence-electron chi connectivity index (χ4n) is 2.06. The van der Waals surface area contributed by atoms with Gasteiger partial charge in [0.15, 0.2) is 5.76 Å². The molecule has 1 aromatic heterocycles. The SMILES string of the molecule is O=C(c1cc(=O)c(OCc2ccccc2)co1)N1CCSC1=S. The van der Waals surface area contributed by atoms with Crippen LogP contribution in [-0.4, -0.2) is 27.4 Å². The van der Waals surface area contributed by atoms with Gasteiger partial charge in [-0.15, -0.1) is 0 Å². The Morgan fingerprint density at radius 3 is 2.78 bits per heavy atom. The van der Waals surface area contributed by atoms with E-state index >= 15 is 0 Å². The highest BCUT2D eigenvalue weighted by Crippen LogP contribution is 2.20. The van der Waals surface area contributed by atoms with Crippen molar-refractivity contribution in [3.8, 4) is 5.75 Å². The molecule has 0 saturated carbocycles. The Kier molecular flexibility index (Phi) is 4.78. The number of carbonyl (C=O) groups is 1. The lowest BCUT2D eigenvalue weighted by Gasteiger charge is -2.13. The quantitative estimate of drug-likeness (QED) is 0.793. The van der Waals surface area contributed by atoms with Crippen molar-refractivity contribution in [2.45, 2.75) is 6.61 Å². The van der Waals surface area contributed by atoms with E-state index in [1.54, 1.807) is 0 Å². The summed E-state index contributed by atoms with van der Waals surface area (Å²) < 4.78 is 11.2. The van der Waals surface area contributed by atoms with Crippen LogP contribution in [-0.2, 0) is 6.61 Å². The first kappa shape index (κ1) is 15.8. The molecule has 7 heteroatoms. The van der Waals surface area contributed by atoms with E-state index < -0.39 is 11.3 Å². The van der Waals surface area contributed by atoms with Gasteiger partial charge in [0.05, 0.1) is 0 Å². The molecule has 1 fully saturated rings. The van der Waals surface area contributed by atoms with Crippen LogP contribution in [0.4, 0.5) is 0 Å². The minimum Gasteiger partial charge on any atom is -0.482 e. The third kappa shape index (κ3) is 3.62. The number of benzene rings is 1. The molecule has 0 unspecified atom stereocenters. The summed E-state index contributed by atoms with van der Waals surface area (Å²) >= 11 is 6.53. The van der Waals surface area contributed by atoms with Crippen molar-refractivity contribution in [3.63, 3.8) is 0 Å². The molecule has 118 valence electrons. The Balaban J connectivity index is 1.72. The summed E-state index contributed by atoms with van der Waals surface area (Å²) in [6.45, 7) is 0.782. The highest BCUT2D eigenvalue weighted by molar-refractivity contribution is 8.23. The fraction of sp³-hybridized carbons (Fsp3) is 0.188. The van der Waals surface area contributed by atoms with E-state index in [-0.39, 0.29) is 18.1 Å². The second-order valence-electron chi connectivity index (χ2n) is 4.82. The van der Waals surface area contributed by atoms with Gasteiger partial charge in [0.1, 0.15) is 17.2 Å². The summed E-state index contributed by atoms with van der Waals surface area (Å²) in [5.41, 5.74) is 0.541. The molecule has 0 spiro atoms.